The van der Waals surface area contributed by atoms with Gasteiger partial charge in [0.2, 0.25) is 5.88 Å². The molecule has 0 aliphatic carbocycles. The number of aromatic nitrogens is 2. The highest BCUT2D eigenvalue weighted by molar-refractivity contribution is 5.97. The number of aryl methyl sites for hydroxylation is 1. The third-order valence-electron chi connectivity index (χ3n) is 2.37. The zero-order chi connectivity index (χ0) is 13.8. The van der Waals surface area contributed by atoms with Crippen molar-refractivity contribution in [3.05, 3.63) is 47.7 Å². The van der Waals surface area contributed by atoms with Crippen LogP contribution in [0.25, 0.3) is 0 Å². The van der Waals surface area contributed by atoms with Gasteiger partial charge < -0.3 is 15.7 Å². The number of hydrogen-bond donors (Lipinski definition) is 2. The van der Waals surface area contributed by atoms with Crippen LogP contribution < -0.4 is 10.5 Å². The molecule has 0 saturated heterocycles. The van der Waals surface area contributed by atoms with Gasteiger partial charge in [-0.2, -0.15) is 0 Å². The van der Waals surface area contributed by atoms with E-state index < -0.39 is 5.82 Å². The van der Waals surface area contributed by atoms with Gasteiger partial charge in [-0.05, 0) is 18.6 Å². The lowest BCUT2D eigenvalue weighted by Crippen LogP contribution is -2.16. The zero-order valence-corrected chi connectivity index (χ0v) is 10.0. The summed E-state index contributed by atoms with van der Waals surface area (Å²) in [6.45, 7) is 1.64. The molecular weight excluding hydrogens is 251 g/mol. The van der Waals surface area contributed by atoms with Gasteiger partial charge in [0.1, 0.15) is 11.6 Å². The van der Waals surface area contributed by atoms with Gasteiger partial charge in [0.25, 0.3) is 0 Å². The van der Waals surface area contributed by atoms with E-state index in [1.807, 2.05) is 0 Å². The second-order valence-corrected chi connectivity index (χ2v) is 3.71. The third-order valence-corrected chi connectivity index (χ3v) is 2.37. The van der Waals surface area contributed by atoms with Crippen LogP contribution in [0.2, 0.25) is 0 Å². The van der Waals surface area contributed by atoms with E-state index in [0.717, 1.165) is 0 Å². The van der Waals surface area contributed by atoms with Crippen molar-refractivity contribution in [3.8, 4) is 11.6 Å². The smallest absolute Gasteiger partial charge is 0.249 e. The molecule has 19 heavy (non-hydrogen) atoms. The first-order valence-corrected chi connectivity index (χ1v) is 5.34. The Balaban J connectivity index is 2.35. The SMILES string of the molecule is Cc1ccc(Oc2nccnc2/C(N)=N/O)cc1F. The third kappa shape index (κ3) is 2.76. The highest BCUT2D eigenvalue weighted by Gasteiger charge is 2.12. The molecule has 2 aromatic rings. The number of ether oxygens (including phenoxy) is 1. The molecule has 0 spiro atoms. The van der Waals surface area contributed by atoms with E-state index in [1.165, 1.54) is 18.5 Å². The summed E-state index contributed by atoms with van der Waals surface area (Å²) in [5, 5.41) is 11.5. The minimum Gasteiger partial charge on any atom is -0.437 e. The van der Waals surface area contributed by atoms with Crippen LogP contribution in [0.3, 0.4) is 0 Å². The summed E-state index contributed by atoms with van der Waals surface area (Å²) in [6.07, 6.45) is 2.75. The molecule has 0 fully saturated rings. The zero-order valence-electron chi connectivity index (χ0n) is 10.0. The molecule has 1 aromatic heterocycles. The van der Waals surface area contributed by atoms with Crippen LogP contribution in [0.4, 0.5) is 4.39 Å². The quantitative estimate of drug-likeness (QED) is 0.381. The first kappa shape index (κ1) is 12.7. The summed E-state index contributed by atoms with van der Waals surface area (Å²) in [5.74, 6) is -0.362. The van der Waals surface area contributed by atoms with E-state index in [9.17, 15) is 4.39 Å². The van der Waals surface area contributed by atoms with Crippen LogP contribution in [-0.4, -0.2) is 21.0 Å². The largest absolute Gasteiger partial charge is 0.437 e. The topological polar surface area (TPSA) is 93.6 Å². The van der Waals surface area contributed by atoms with Gasteiger partial charge in [0.15, 0.2) is 11.5 Å². The standard InChI is InChI=1S/C12H11FN4O2/c1-7-2-3-8(6-9(7)13)19-12-10(11(14)17-18)15-4-5-16-12/h2-6,18H,1H3,(H2,14,17). The number of nitrogens with zero attached hydrogens (tertiary/aromatic N) is 3. The summed E-state index contributed by atoms with van der Waals surface area (Å²) in [4.78, 5) is 7.80. The Morgan fingerprint density at radius 1 is 1.37 bits per heavy atom. The average molecular weight is 262 g/mol. The van der Waals surface area contributed by atoms with Crippen molar-refractivity contribution in [1.82, 2.24) is 9.97 Å². The molecular formula is C12H11FN4O2. The lowest BCUT2D eigenvalue weighted by atomic mass is 10.2. The lowest BCUT2D eigenvalue weighted by Gasteiger charge is -2.08. The number of hydrogen-bond acceptors (Lipinski definition) is 5. The van der Waals surface area contributed by atoms with Gasteiger partial charge >= 0.3 is 0 Å². The molecule has 98 valence electrons. The van der Waals surface area contributed by atoms with Crippen molar-refractivity contribution in [1.29, 1.82) is 0 Å². The Morgan fingerprint density at radius 2 is 2.11 bits per heavy atom. The van der Waals surface area contributed by atoms with Crippen LogP contribution in [0.15, 0.2) is 35.7 Å². The van der Waals surface area contributed by atoms with E-state index in [2.05, 4.69) is 15.1 Å². The first-order chi connectivity index (χ1) is 9.11. The minimum atomic E-state index is -0.397. The molecule has 0 saturated carbocycles. The van der Waals surface area contributed by atoms with Gasteiger partial charge in [0, 0.05) is 18.5 Å². The van der Waals surface area contributed by atoms with Crippen molar-refractivity contribution in [2.45, 2.75) is 6.92 Å². The molecule has 7 heteroatoms. The molecule has 1 heterocycles. The number of amidine groups is 1. The molecule has 0 radical (unpaired) electrons. The predicted molar refractivity (Wildman–Crippen MR) is 65.8 cm³/mol. The Labute approximate surface area is 108 Å². The van der Waals surface area contributed by atoms with Gasteiger partial charge in [-0.15, -0.1) is 0 Å². The maximum Gasteiger partial charge on any atom is 0.249 e. The van der Waals surface area contributed by atoms with Crippen molar-refractivity contribution in [2.75, 3.05) is 0 Å². The molecule has 0 amide bonds. The van der Waals surface area contributed by atoms with Gasteiger partial charge in [0.05, 0.1) is 0 Å². The van der Waals surface area contributed by atoms with E-state index in [4.69, 9.17) is 15.7 Å². The summed E-state index contributed by atoms with van der Waals surface area (Å²) in [5.41, 5.74) is 6.02. The molecule has 0 unspecified atom stereocenters. The number of rotatable bonds is 3. The van der Waals surface area contributed by atoms with Crippen LogP contribution in [-0.2, 0) is 0 Å². The van der Waals surface area contributed by atoms with Crippen molar-refractivity contribution in [2.24, 2.45) is 10.9 Å². The van der Waals surface area contributed by atoms with Gasteiger partial charge in [-0.1, -0.05) is 11.2 Å². The predicted octanol–water partition coefficient (Wildman–Crippen LogP) is 1.81. The number of halogens is 1. The second-order valence-electron chi connectivity index (χ2n) is 3.71. The Bertz CT molecular complexity index is 631. The molecule has 6 nitrogen and oxygen atoms in total. The van der Waals surface area contributed by atoms with Crippen LogP contribution in [0.5, 0.6) is 11.6 Å². The first-order valence-electron chi connectivity index (χ1n) is 5.34. The fraction of sp³-hybridized carbons (Fsp3) is 0.0833. The summed E-state index contributed by atoms with van der Waals surface area (Å²) < 4.78 is 18.8. The molecule has 0 aliphatic heterocycles. The molecule has 1 aromatic carbocycles. The Morgan fingerprint density at radius 3 is 2.79 bits per heavy atom. The van der Waals surface area contributed by atoms with E-state index in [1.54, 1.807) is 19.1 Å². The van der Waals surface area contributed by atoms with Crippen LogP contribution in [0.1, 0.15) is 11.3 Å². The fourth-order valence-corrected chi connectivity index (χ4v) is 1.37. The summed E-state index contributed by atoms with van der Waals surface area (Å²) in [7, 11) is 0. The van der Waals surface area contributed by atoms with Crippen molar-refractivity contribution < 1.29 is 14.3 Å². The summed E-state index contributed by atoms with van der Waals surface area (Å²) >= 11 is 0. The van der Waals surface area contributed by atoms with Gasteiger partial charge in [-0.25, -0.2) is 14.4 Å². The highest BCUT2D eigenvalue weighted by Crippen LogP contribution is 2.23. The Hall–Kier alpha value is -2.70. The van der Waals surface area contributed by atoms with Crippen molar-refractivity contribution >= 4 is 5.84 Å². The highest BCUT2D eigenvalue weighted by atomic mass is 19.1. The second kappa shape index (κ2) is 5.30. The molecule has 2 rings (SSSR count). The van der Waals surface area contributed by atoms with E-state index >= 15 is 0 Å². The molecule has 0 bridgehead atoms. The lowest BCUT2D eigenvalue weighted by molar-refractivity contribution is 0.318. The minimum absolute atomic E-state index is 0.0288. The van der Waals surface area contributed by atoms with Crippen LogP contribution >= 0.6 is 0 Å². The summed E-state index contributed by atoms with van der Waals surface area (Å²) in [6, 6.07) is 4.38. The molecule has 3 N–H and O–H groups in total. The molecule has 0 atom stereocenters. The average Bonchev–Trinajstić information content (AvgIpc) is 2.43. The maximum absolute atomic E-state index is 13.4. The number of oxime groups is 1. The Kier molecular flexibility index (Phi) is 3.56. The normalized spacial score (nSPS) is 11.4. The van der Waals surface area contributed by atoms with Crippen molar-refractivity contribution in [3.63, 3.8) is 0 Å². The number of benzene rings is 1. The van der Waals surface area contributed by atoms with Gasteiger partial charge in [-0.3, -0.25) is 0 Å². The molecule has 0 aliphatic rings. The maximum atomic E-state index is 13.4. The number of nitrogens with two attached hydrogens (primary N) is 1. The fourth-order valence-electron chi connectivity index (χ4n) is 1.37. The van der Waals surface area contributed by atoms with E-state index in [-0.39, 0.29) is 23.2 Å². The van der Waals surface area contributed by atoms with E-state index in [0.29, 0.717) is 5.56 Å². The van der Waals surface area contributed by atoms with Crippen LogP contribution in [0, 0.1) is 12.7 Å². The monoisotopic (exact) mass is 262 g/mol.